The molecular weight excluding hydrogens is 462 g/mol. The van der Waals surface area contributed by atoms with Crippen LogP contribution in [0.2, 0.25) is 0 Å². The Balaban J connectivity index is 1.88. The predicted octanol–water partition coefficient (Wildman–Crippen LogP) is 0.767. The summed E-state index contributed by atoms with van der Waals surface area (Å²) in [5, 5.41) is 8.54. The summed E-state index contributed by atoms with van der Waals surface area (Å²) in [6, 6.07) is 4.85. The molecule has 0 unspecified atom stereocenters. The van der Waals surface area contributed by atoms with Crippen LogP contribution in [0, 0.1) is 5.92 Å². The minimum atomic E-state index is -0.880. The number of ether oxygens (including phenoxy) is 1. The minimum Gasteiger partial charge on any atom is -0.491 e. The van der Waals surface area contributed by atoms with Crippen molar-refractivity contribution in [2.75, 3.05) is 39.8 Å². The van der Waals surface area contributed by atoms with E-state index in [0.717, 1.165) is 19.5 Å². The Kier molecular flexibility index (Phi) is 9.69. The molecule has 0 aromatic heterocycles. The number of likely N-dealkylation sites (N-methyl/N-ethyl adjacent to an activating group) is 1. The van der Waals surface area contributed by atoms with Crippen LogP contribution in [0.1, 0.15) is 50.4 Å². The summed E-state index contributed by atoms with van der Waals surface area (Å²) in [6.45, 7) is 8.44. The molecule has 1 fully saturated rings. The molecule has 10 nitrogen and oxygen atoms in total. The number of nitrogens with one attached hydrogen (secondary N) is 3. The highest BCUT2D eigenvalue weighted by Crippen LogP contribution is 2.19. The van der Waals surface area contributed by atoms with Crippen LogP contribution in [0.15, 0.2) is 24.3 Å². The zero-order chi connectivity index (χ0) is 26.2. The summed E-state index contributed by atoms with van der Waals surface area (Å²) < 4.78 is 5.89. The number of para-hydroxylation sites is 1. The lowest BCUT2D eigenvalue weighted by atomic mass is 10.0. The smallest absolute Gasteiger partial charge is 0.255 e. The van der Waals surface area contributed by atoms with Crippen LogP contribution in [0.3, 0.4) is 0 Å². The first-order valence-electron chi connectivity index (χ1n) is 12.8. The van der Waals surface area contributed by atoms with Gasteiger partial charge in [0.15, 0.2) is 0 Å². The number of fused-ring (bicyclic) bond motifs is 1. The van der Waals surface area contributed by atoms with Gasteiger partial charge >= 0.3 is 0 Å². The van der Waals surface area contributed by atoms with Gasteiger partial charge in [-0.05, 0) is 51.4 Å². The van der Waals surface area contributed by atoms with Crippen LogP contribution in [-0.2, 0) is 14.4 Å². The molecule has 4 amide bonds. The van der Waals surface area contributed by atoms with Crippen LogP contribution in [-0.4, -0.2) is 91.4 Å². The Hall–Kier alpha value is -3.14. The SMILES string of the molecule is CC(C)[C@H]1NC(=O)CC[C@@H](C(=O)N2CCCN(C)CC2)NC(=O)c2ccccc2OC[C@H](C)NC1=O. The first-order valence-corrected chi connectivity index (χ1v) is 12.8. The molecule has 3 rings (SSSR count). The molecule has 0 radical (unpaired) electrons. The summed E-state index contributed by atoms with van der Waals surface area (Å²) in [6.07, 6.45) is 0.951. The van der Waals surface area contributed by atoms with Gasteiger partial charge in [0.1, 0.15) is 24.4 Å². The summed E-state index contributed by atoms with van der Waals surface area (Å²) in [7, 11) is 2.02. The maximum absolute atomic E-state index is 13.5. The molecule has 1 aromatic carbocycles. The maximum Gasteiger partial charge on any atom is 0.255 e. The Morgan fingerprint density at radius 2 is 1.78 bits per heavy atom. The summed E-state index contributed by atoms with van der Waals surface area (Å²) >= 11 is 0. The molecule has 3 N–H and O–H groups in total. The standard InChI is InChI=1S/C26H39N5O5/c1-17(2)23-25(34)27-18(3)16-36-21-9-6-5-8-19(21)24(33)28-20(10-11-22(32)29-23)26(35)31-13-7-12-30(4)14-15-31/h5-6,8-9,17-18,20,23H,7,10-16H2,1-4H3,(H,27,34)(H,28,33)(H,29,32)/t18-,20-,23+/m0/s1. The first-order chi connectivity index (χ1) is 17.2. The second-order valence-corrected chi connectivity index (χ2v) is 10.1. The molecule has 2 aliphatic heterocycles. The molecule has 36 heavy (non-hydrogen) atoms. The van der Waals surface area contributed by atoms with Crippen molar-refractivity contribution in [3.8, 4) is 5.75 Å². The lowest BCUT2D eigenvalue weighted by Gasteiger charge is -2.27. The molecule has 0 aliphatic carbocycles. The van der Waals surface area contributed by atoms with Gasteiger partial charge in [-0.1, -0.05) is 26.0 Å². The maximum atomic E-state index is 13.5. The van der Waals surface area contributed by atoms with E-state index < -0.39 is 18.0 Å². The molecule has 198 valence electrons. The van der Waals surface area contributed by atoms with E-state index in [0.29, 0.717) is 24.4 Å². The van der Waals surface area contributed by atoms with Crippen molar-refractivity contribution in [1.82, 2.24) is 25.8 Å². The summed E-state index contributed by atoms with van der Waals surface area (Å²) in [4.78, 5) is 56.4. The van der Waals surface area contributed by atoms with E-state index in [1.165, 1.54) is 0 Å². The van der Waals surface area contributed by atoms with E-state index in [1.807, 2.05) is 20.9 Å². The lowest BCUT2D eigenvalue weighted by Crippen LogP contribution is -2.53. The van der Waals surface area contributed by atoms with Gasteiger partial charge in [-0.3, -0.25) is 19.2 Å². The molecule has 3 atom stereocenters. The Morgan fingerprint density at radius 3 is 2.53 bits per heavy atom. The number of amides is 4. The second-order valence-electron chi connectivity index (χ2n) is 10.1. The van der Waals surface area contributed by atoms with Gasteiger partial charge < -0.3 is 30.5 Å². The van der Waals surface area contributed by atoms with Gasteiger partial charge in [0, 0.05) is 26.1 Å². The summed E-state index contributed by atoms with van der Waals surface area (Å²) in [5.41, 5.74) is 0.295. The number of hydrogen-bond donors (Lipinski definition) is 3. The molecule has 1 saturated heterocycles. The van der Waals surface area contributed by atoms with E-state index in [2.05, 4.69) is 20.9 Å². The topological polar surface area (TPSA) is 120 Å². The van der Waals surface area contributed by atoms with Crippen molar-refractivity contribution in [2.45, 2.75) is 58.2 Å². The highest BCUT2D eigenvalue weighted by Gasteiger charge is 2.31. The fraction of sp³-hybridized carbons (Fsp3) is 0.615. The molecule has 0 spiro atoms. The number of carbonyl (C=O) groups excluding carboxylic acids is 4. The molecule has 10 heteroatoms. The van der Waals surface area contributed by atoms with Crippen LogP contribution in [0.4, 0.5) is 0 Å². The van der Waals surface area contributed by atoms with Gasteiger partial charge in [0.25, 0.3) is 5.91 Å². The van der Waals surface area contributed by atoms with Crippen molar-refractivity contribution in [3.05, 3.63) is 29.8 Å². The van der Waals surface area contributed by atoms with Gasteiger partial charge in [-0.2, -0.15) is 0 Å². The van der Waals surface area contributed by atoms with E-state index in [1.54, 1.807) is 36.1 Å². The van der Waals surface area contributed by atoms with E-state index in [-0.39, 0.29) is 49.1 Å². The Bertz CT molecular complexity index is 952. The molecule has 2 heterocycles. The minimum absolute atomic E-state index is 0.00533. The highest BCUT2D eigenvalue weighted by molar-refractivity contribution is 6.00. The third-order valence-electron chi connectivity index (χ3n) is 6.57. The van der Waals surface area contributed by atoms with E-state index in [4.69, 9.17) is 4.74 Å². The third-order valence-corrected chi connectivity index (χ3v) is 6.57. The zero-order valence-corrected chi connectivity index (χ0v) is 21.7. The average Bonchev–Trinajstić information content (AvgIpc) is 3.07. The van der Waals surface area contributed by atoms with Crippen LogP contribution < -0.4 is 20.7 Å². The number of carbonyl (C=O) groups is 4. The largest absolute Gasteiger partial charge is 0.491 e. The van der Waals surface area contributed by atoms with Crippen molar-refractivity contribution >= 4 is 23.6 Å². The molecule has 0 saturated carbocycles. The normalized spacial score (nSPS) is 25.3. The number of benzene rings is 1. The fourth-order valence-electron chi connectivity index (χ4n) is 4.41. The quantitative estimate of drug-likeness (QED) is 0.551. The number of hydrogen-bond acceptors (Lipinski definition) is 6. The molecule has 0 bridgehead atoms. The number of nitrogens with zero attached hydrogens (tertiary/aromatic N) is 2. The van der Waals surface area contributed by atoms with Gasteiger partial charge in [-0.25, -0.2) is 0 Å². The zero-order valence-electron chi connectivity index (χ0n) is 21.7. The molecule has 1 aromatic rings. The van der Waals surface area contributed by atoms with Crippen molar-refractivity contribution in [1.29, 1.82) is 0 Å². The fourth-order valence-corrected chi connectivity index (χ4v) is 4.41. The monoisotopic (exact) mass is 501 g/mol. The van der Waals surface area contributed by atoms with Crippen LogP contribution in [0.25, 0.3) is 0 Å². The first kappa shape index (κ1) is 27.4. The van der Waals surface area contributed by atoms with Crippen LogP contribution >= 0.6 is 0 Å². The summed E-state index contributed by atoms with van der Waals surface area (Å²) in [5.74, 6) is -1.06. The van der Waals surface area contributed by atoms with Crippen molar-refractivity contribution < 1.29 is 23.9 Å². The molecular formula is C26H39N5O5. The van der Waals surface area contributed by atoms with Gasteiger partial charge in [-0.15, -0.1) is 0 Å². The second kappa shape index (κ2) is 12.7. The van der Waals surface area contributed by atoms with Crippen molar-refractivity contribution in [2.24, 2.45) is 5.92 Å². The Labute approximate surface area is 213 Å². The van der Waals surface area contributed by atoms with Crippen molar-refractivity contribution in [3.63, 3.8) is 0 Å². The Morgan fingerprint density at radius 1 is 1.03 bits per heavy atom. The third kappa shape index (κ3) is 7.43. The lowest BCUT2D eigenvalue weighted by molar-refractivity contribution is -0.134. The molecule has 2 aliphatic rings. The van der Waals surface area contributed by atoms with E-state index in [9.17, 15) is 19.2 Å². The predicted molar refractivity (Wildman–Crippen MR) is 135 cm³/mol. The van der Waals surface area contributed by atoms with Crippen LogP contribution in [0.5, 0.6) is 5.75 Å². The van der Waals surface area contributed by atoms with E-state index >= 15 is 0 Å². The number of rotatable bonds is 2. The highest BCUT2D eigenvalue weighted by atomic mass is 16.5. The average molecular weight is 502 g/mol. The van der Waals surface area contributed by atoms with Gasteiger partial charge in [0.2, 0.25) is 17.7 Å². The van der Waals surface area contributed by atoms with Gasteiger partial charge in [0.05, 0.1) is 11.6 Å².